The maximum Gasteiger partial charge on any atom is 0.243 e. The highest BCUT2D eigenvalue weighted by atomic mass is 32.2. The van der Waals surface area contributed by atoms with E-state index in [0.717, 1.165) is 17.5 Å². The van der Waals surface area contributed by atoms with E-state index in [-0.39, 0.29) is 5.41 Å². The third kappa shape index (κ3) is 4.53. The summed E-state index contributed by atoms with van der Waals surface area (Å²) in [6, 6.07) is 5.55. The molecule has 0 bridgehead atoms. The normalized spacial score (nSPS) is 12.9. The Morgan fingerprint density at radius 2 is 1.86 bits per heavy atom. The van der Waals surface area contributed by atoms with E-state index in [1.165, 1.54) is 0 Å². The Morgan fingerprint density at radius 1 is 1.24 bits per heavy atom. The second-order valence-electron chi connectivity index (χ2n) is 6.48. The molecule has 1 aromatic carbocycles. The lowest BCUT2D eigenvalue weighted by Crippen LogP contribution is -2.42. The van der Waals surface area contributed by atoms with Crippen LogP contribution in [0.25, 0.3) is 0 Å². The van der Waals surface area contributed by atoms with Crippen LogP contribution in [-0.4, -0.2) is 32.4 Å². The summed E-state index contributed by atoms with van der Waals surface area (Å²) >= 11 is 0. The molecule has 0 heterocycles. The van der Waals surface area contributed by atoms with Crippen LogP contribution in [-0.2, 0) is 10.0 Å². The van der Waals surface area contributed by atoms with E-state index in [2.05, 4.69) is 0 Å². The van der Waals surface area contributed by atoms with Gasteiger partial charge in [-0.3, -0.25) is 0 Å². The first-order valence-corrected chi connectivity index (χ1v) is 8.85. The van der Waals surface area contributed by atoms with Gasteiger partial charge in [-0.25, -0.2) is 8.42 Å². The standard InChI is InChI=1S/C16H28N2O2S/c1-6-9-18(12-16(4,5)11-17)21(19,20)15-10-13(2)7-8-14(15)3/h7-8,10H,6,9,11-12,17H2,1-5H3. The number of rotatable bonds is 7. The van der Waals surface area contributed by atoms with Gasteiger partial charge in [-0.05, 0) is 49.4 Å². The van der Waals surface area contributed by atoms with E-state index in [1.54, 1.807) is 10.4 Å². The number of hydrogen-bond acceptors (Lipinski definition) is 3. The average Bonchev–Trinajstić information content (AvgIpc) is 2.40. The minimum absolute atomic E-state index is 0.236. The zero-order valence-corrected chi connectivity index (χ0v) is 14.6. The molecule has 5 heteroatoms. The first-order valence-electron chi connectivity index (χ1n) is 7.41. The third-order valence-corrected chi connectivity index (χ3v) is 5.58. The Kier molecular flexibility index (Phi) is 5.96. The van der Waals surface area contributed by atoms with Crippen molar-refractivity contribution in [1.29, 1.82) is 0 Å². The van der Waals surface area contributed by atoms with Gasteiger partial charge in [0.05, 0.1) is 4.90 Å². The molecule has 0 aromatic heterocycles. The minimum atomic E-state index is -3.48. The van der Waals surface area contributed by atoms with Gasteiger partial charge in [-0.15, -0.1) is 0 Å². The van der Waals surface area contributed by atoms with Crippen LogP contribution >= 0.6 is 0 Å². The van der Waals surface area contributed by atoms with Crippen molar-refractivity contribution in [2.45, 2.75) is 45.9 Å². The predicted octanol–water partition coefficient (Wildman–Crippen LogP) is 2.69. The highest BCUT2D eigenvalue weighted by Gasteiger charge is 2.30. The Labute approximate surface area is 129 Å². The summed E-state index contributed by atoms with van der Waals surface area (Å²) in [5.74, 6) is 0. The molecule has 0 amide bonds. The molecule has 0 aliphatic rings. The Balaban J connectivity index is 3.25. The van der Waals surface area contributed by atoms with Crippen LogP contribution in [0.1, 0.15) is 38.3 Å². The summed E-state index contributed by atoms with van der Waals surface area (Å²) in [5.41, 5.74) is 7.27. The lowest BCUT2D eigenvalue weighted by atomic mass is 9.94. The zero-order chi connectivity index (χ0) is 16.3. The molecule has 1 aromatic rings. The van der Waals surface area contributed by atoms with Crippen molar-refractivity contribution in [3.05, 3.63) is 29.3 Å². The van der Waals surface area contributed by atoms with Crippen LogP contribution in [0.3, 0.4) is 0 Å². The Bertz CT molecular complexity index is 580. The first kappa shape index (κ1) is 18.1. The molecule has 0 radical (unpaired) electrons. The van der Waals surface area contributed by atoms with Crippen LogP contribution in [0.4, 0.5) is 0 Å². The van der Waals surface area contributed by atoms with Gasteiger partial charge < -0.3 is 5.73 Å². The number of hydrogen-bond donors (Lipinski definition) is 1. The topological polar surface area (TPSA) is 63.4 Å². The predicted molar refractivity (Wildman–Crippen MR) is 87.8 cm³/mol. The van der Waals surface area contributed by atoms with Gasteiger partial charge in [0.25, 0.3) is 0 Å². The SMILES string of the molecule is CCCN(CC(C)(C)CN)S(=O)(=O)c1cc(C)ccc1C. The van der Waals surface area contributed by atoms with Gasteiger partial charge in [-0.2, -0.15) is 4.31 Å². The van der Waals surface area contributed by atoms with E-state index < -0.39 is 10.0 Å². The van der Waals surface area contributed by atoms with Crippen LogP contribution in [0.2, 0.25) is 0 Å². The molecule has 0 spiro atoms. The van der Waals surface area contributed by atoms with Gasteiger partial charge in [0, 0.05) is 13.1 Å². The monoisotopic (exact) mass is 312 g/mol. The van der Waals surface area contributed by atoms with Crippen molar-refractivity contribution in [1.82, 2.24) is 4.31 Å². The molecule has 2 N–H and O–H groups in total. The van der Waals surface area contributed by atoms with Crippen molar-refractivity contribution in [3.8, 4) is 0 Å². The molecule has 120 valence electrons. The highest BCUT2D eigenvalue weighted by Crippen LogP contribution is 2.25. The van der Waals surface area contributed by atoms with Gasteiger partial charge in [0.1, 0.15) is 0 Å². The fraction of sp³-hybridized carbons (Fsp3) is 0.625. The molecule has 0 atom stereocenters. The van der Waals surface area contributed by atoms with Gasteiger partial charge >= 0.3 is 0 Å². The molecule has 0 fully saturated rings. The van der Waals surface area contributed by atoms with Crippen LogP contribution in [0.15, 0.2) is 23.1 Å². The summed E-state index contributed by atoms with van der Waals surface area (Å²) < 4.78 is 27.5. The molecule has 4 nitrogen and oxygen atoms in total. The Morgan fingerprint density at radius 3 is 2.38 bits per heavy atom. The lowest BCUT2D eigenvalue weighted by Gasteiger charge is -2.31. The van der Waals surface area contributed by atoms with Crippen LogP contribution in [0, 0.1) is 19.3 Å². The van der Waals surface area contributed by atoms with Crippen LogP contribution in [0.5, 0.6) is 0 Å². The smallest absolute Gasteiger partial charge is 0.243 e. The quantitative estimate of drug-likeness (QED) is 0.842. The van der Waals surface area contributed by atoms with Crippen molar-refractivity contribution in [2.24, 2.45) is 11.1 Å². The highest BCUT2D eigenvalue weighted by molar-refractivity contribution is 7.89. The van der Waals surface area contributed by atoms with Crippen molar-refractivity contribution >= 4 is 10.0 Å². The number of sulfonamides is 1. The maximum atomic E-state index is 13.0. The first-order chi connectivity index (χ1) is 9.64. The van der Waals surface area contributed by atoms with E-state index in [9.17, 15) is 8.42 Å². The summed E-state index contributed by atoms with van der Waals surface area (Å²) in [5, 5.41) is 0. The number of benzene rings is 1. The summed E-state index contributed by atoms with van der Waals surface area (Å²) in [6.45, 7) is 11.1. The second-order valence-corrected chi connectivity index (χ2v) is 8.38. The van der Waals surface area contributed by atoms with Gasteiger partial charge in [0.15, 0.2) is 0 Å². The van der Waals surface area contributed by atoms with E-state index in [0.29, 0.717) is 24.5 Å². The van der Waals surface area contributed by atoms with E-state index in [4.69, 9.17) is 5.73 Å². The molecule has 0 unspecified atom stereocenters. The number of nitrogens with two attached hydrogens (primary N) is 1. The van der Waals surface area contributed by atoms with Crippen LogP contribution < -0.4 is 5.73 Å². The molecule has 1 rings (SSSR count). The lowest BCUT2D eigenvalue weighted by molar-refractivity contribution is 0.266. The molecule has 0 aliphatic carbocycles. The summed E-state index contributed by atoms with van der Waals surface area (Å²) in [7, 11) is -3.48. The fourth-order valence-electron chi connectivity index (χ4n) is 2.20. The van der Waals surface area contributed by atoms with E-state index >= 15 is 0 Å². The fourth-order valence-corrected chi connectivity index (χ4v) is 4.23. The molecule has 0 saturated heterocycles. The molecule has 0 saturated carbocycles. The van der Waals surface area contributed by atoms with Crippen molar-refractivity contribution in [2.75, 3.05) is 19.6 Å². The average molecular weight is 312 g/mol. The van der Waals surface area contributed by atoms with Crippen molar-refractivity contribution in [3.63, 3.8) is 0 Å². The van der Waals surface area contributed by atoms with E-state index in [1.807, 2.05) is 46.8 Å². The summed E-state index contributed by atoms with van der Waals surface area (Å²) in [4.78, 5) is 0.406. The Hall–Kier alpha value is -0.910. The molecule has 0 aliphatic heterocycles. The molecular formula is C16H28N2O2S. The second kappa shape index (κ2) is 6.90. The van der Waals surface area contributed by atoms with Gasteiger partial charge in [-0.1, -0.05) is 32.9 Å². The molecule has 21 heavy (non-hydrogen) atoms. The summed E-state index contributed by atoms with van der Waals surface area (Å²) in [6.07, 6.45) is 0.782. The largest absolute Gasteiger partial charge is 0.330 e. The number of aryl methyl sites for hydroxylation is 2. The molecular weight excluding hydrogens is 284 g/mol. The van der Waals surface area contributed by atoms with Gasteiger partial charge in [0.2, 0.25) is 10.0 Å². The number of nitrogens with zero attached hydrogens (tertiary/aromatic N) is 1. The third-order valence-electron chi connectivity index (χ3n) is 3.59. The zero-order valence-electron chi connectivity index (χ0n) is 13.8. The minimum Gasteiger partial charge on any atom is -0.330 e. The van der Waals surface area contributed by atoms with Crippen molar-refractivity contribution < 1.29 is 8.42 Å². The maximum absolute atomic E-state index is 13.0.